The second-order valence-electron chi connectivity index (χ2n) is 5.54. The van der Waals surface area contributed by atoms with Crippen molar-refractivity contribution in [1.82, 2.24) is 45.7 Å². The van der Waals surface area contributed by atoms with Gasteiger partial charge in [-0.25, -0.2) is 9.48 Å². The minimum Gasteiger partial charge on any atom is -0.477 e. The van der Waals surface area contributed by atoms with Gasteiger partial charge in [-0.2, -0.15) is 5.21 Å². The maximum Gasteiger partial charge on any atom is 0.352 e. The number of carboxylic acids is 1. The van der Waals surface area contributed by atoms with Crippen LogP contribution in [0.4, 0.5) is 0 Å². The molecule has 2 aromatic heterocycles. The first kappa shape index (κ1) is 17.5. The number of carboxylic acid groups (broad SMARTS) is 1. The number of ether oxygens (including phenoxy) is 2. The molecule has 1 saturated heterocycles. The molecule has 4 heterocycles. The quantitative estimate of drug-likeness (QED) is 0.399. The molecule has 0 aromatic carbocycles. The number of nitrogens with zero attached hydrogens (tertiary/aromatic N) is 8. The lowest BCUT2D eigenvalue weighted by Crippen LogP contribution is -2.59. The number of H-pyrrole nitrogens is 1. The number of aliphatic carboxylic acids is 1. The van der Waals surface area contributed by atoms with E-state index in [1.54, 1.807) is 0 Å². The highest BCUT2D eigenvalue weighted by Crippen LogP contribution is 2.37. The Labute approximate surface area is 154 Å². The fraction of sp³-hybridized carbons (Fsp3) is 0.500. The minimum atomic E-state index is -1.22. The van der Waals surface area contributed by atoms with Crippen molar-refractivity contribution in [1.29, 1.82) is 0 Å². The summed E-state index contributed by atoms with van der Waals surface area (Å²) in [6.07, 6.45) is -1.37. The molecule has 142 valence electrons. The Morgan fingerprint density at radius 3 is 3.00 bits per heavy atom. The van der Waals surface area contributed by atoms with Gasteiger partial charge < -0.3 is 14.6 Å². The average Bonchev–Trinajstić information content (AvgIpc) is 3.31. The smallest absolute Gasteiger partial charge is 0.352 e. The fourth-order valence-corrected chi connectivity index (χ4v) is 3.66. The molecule has 2 aromatic rings. The summed E-state index contributed by atoms with van der Waals surface area (Å²) in [5.41, 5.74) is 0.187. The predicted octanol–water partition coefficient (Wildman–Crippen LogP) is -1.77. The van der Waals surface area contributed by atoms with Crippen LogP contribution in [0.25, 0.3) is 0 Å². The van der Waals surface area contributed by atoms with Crippen LogP contribution in [0.3, 0.4) is 0 Å². The first-order valence-corrected chi connectivity index (χ1v) is 8.65. The number of fused-ring (bicyclic) bond motifs is 1. The highest BCUT2D eigenvalue weighted by Gasteiger charge is 2.49. The van der Waals surface area contributed by atoms with Crippen molar-refractivity contribution in [2.24, 2.45) is 0 Å². The second-order valence-corrected chi connectivity index (χ2v) is 6.48. The number of carbonyl (C=O) groups excluding carboxylic acids is 1. The van der Waals surface area contributed by atoms with E-state index < -0.39 is 18.5 Å². The van der Waals surface area contributed by atoms with Gasteiger partial charge in [0.15, 0.2) is 12.1 Å². The number of rotatable bonds is 7. The molecule has 0 bridgehead atoms. The first-order chi connectivity index (χ1) is 13.1. The number of amides is 1. The molecule has 0 spiro atoms. The SMILES string of the molecule is COC1OC2CC(=O)N2C(C(=O)O)=C1CSc1nnnn1Cc1nn[nH]n1. The maximum absolute atomic E-state index is 11.8. The third-order valence-corrected chi connectivity index (χ3v) is 4.97. The number of β-lactam (4-membered cyclic amide) rings is 1. The van der Waals surface area contributed by atoms with Crippen LogP contribution in [-0.4, -0.2) is 88.1 Å². The van der Waals surface area contributed by atoms with Crippen LogP contribution in [-0.2, 0) is 25.6 Å². The van der Waals surface area contributed by atoms with Crippen LogP contribution < -0.4 is 0 Å². The lowest BCUT2D eigenvalue weighted by atomic mass is 10.0. The zero-order chi connectivity index (χ0) is 19.0. The molecule has 0 radical (unpaired) electrons. The maximum atomic E-state index is 11.8. The van der Waals surface area contributed by atoms with Crippen molar-refractivity contribution >= 4 is 23.6 Å². The monoisotopic (exact) mass is 395 g/mol. The number of hydrogen-bond donors (Lipinski definition) is 2. The summed E-state index contributed by atoms with van der Waals surface area (Å²) in [5, 5.41) is 34.8. The zero-order valence-electron chi connectivity index (χ0n) is 13.8. The Hall–Kier alpha value is -2.91. The van der Waals surface area contributed by atoms with Gasteiger partial charge in [0, 0.05) is 18.4 Å². The van der Waals surface area contributed by atoms with Crippen LogP contribution in [0.2, 0.25) is 0 Å². The molecular weight excluding hydrogens is 382 g/mol. The second kappa shape index (κ2) is 7.01. The molecule has 2 atom stereocenters. The lowest BCUT2D eigenvalue weighted by molar-refractivity contribution is -0.220. The molecule has 0 aliphatic carbocycles. The number of aromatic amines is 1. The van der Waals surface area contributed by atoms with Gasteiger partial charge in [0.2, 0.25) is 11.1 Å². The Bertz CT molecular complexity index is 897. The van der Waals surface area contributed by atoms with Gasteiger partial charge in [-0.1, -0.05) is 17.0 Å². The molecule has 15 heteroatoms. The Morgan fingerprint density at radius 1 is 1.48 bits per heavy atom. The molecule has 1 amide bonds. The number of nitrogens with one attached hydrogen (secondary N) is 1. The molecule has 2 N–H and O–H groups in total. The van der Waals surface area contributed by atoms with E-state index in [0.29, 0.717) is 16.6 Å². The number of aromatic nitrogens is 8. The van der Waals surface area contributed by atoms with E-state index in [1.165, 1.54) is 23.6 Å². The van der Waals surface area contributed by atoms with Crippen LogP contribution in [0.15, 0.2) is 16.4 Å². The van der Waals surface area contributed by atoms with E-state index >= 15 is 0 Å². The van der Waals surface area contributed by atoms with E-state index in [1.807, 2.05) is 0 Å². The molecule has 2 unspecified atom stereocenters. The summed E-state index contributed by atoms with van der Waals surface area (Å²) >= 11 is 1.17. The zero-order valence-corrected chi connectivity index (χ0v) is 14.7. The van der Waals surface area contributed by atoms with E-state index in [9.17, 15) is 14.7 Å². The molecule has 1 fully saturated rings. The van der Waals surface area contributed by atoms with Crippen molar-refractivity contribution < 1.29 is 24.2 Å². The third kappa shape index (κ3) is 3.15. The molecule has 0 saturated carbocycles. The molecule has 27 heavy (non-hydrogen) atoms. The van der Waals surface area contributed by atoms with Gasteiger partial charge in [0.25, 0.3) is 0 Å². The van der Waals surface area contributed by atoms with Crippen molar-refractivity contribution in [3.8, 4) is 0 Å². The highest BCUT2D eigenvalue weighted by molar-refractivity contribution is 7.99. The standard InChI is InChI=1S/C12H13N9O5S/c1-25-11-5(9(10(23)24)21-7(22)2-8(21)26-11)4-27-12-15-18-19-20(12)3-6-13-16-17-14-6/h8,11H,2-4H2,1H3,(H,23,24)(H,13,14,16,17). The summed E-state index contributed by atoms with van der Waals surface area (Å²) in [6.45, 7) is 0.188. The van der Waals surface area contributed by atoms with E-state index in [2.05, 4.69) is 36.1 Å². The lowest BCUT2D eigenvalue weighted by Gasteiger charge is -2.46. The van der Waals surface area contributed by atoms with Gasteiger partial charge in [-0.05, 0) is 10.4 Å². The van der Waals surface area contributed by atoms with E-state index in [-0.39, 0.29) is 30.3 Å². The van der Waals surface area contributed by atoms with E-state index in [0.717, 1.165) is 4.90 Å². The van der Waals surface area contributed by atoms with Crippen LogP contribution in [0, 0.1) is 0 Å². The van der Waals surface area contributed by atoms with Gasteiger partial charge in [0.05, 0.1) is 6.42 Å². The van der Waals surface area contributed by atoms with Crippen molar-refractivity contribution in [3.05, 3.63) is 17.1 Å². The van der Waals surface area contributed by atoms with E-state index in [4.69, 9.17) is 9.47 Å². The number of carbonyl (C=O) groups is 2. The Morgan fingerprint density at radius 2 is 2.33 bits per heavy atom. The van der Waals surface area contributed by atoms with Gasteiger partial charge in [0.1, 0.15) is 18.5 Å². The highest BCUT2D eigenvalue weighted by atomic mass is 32.2. The summed E-state index contributed by atoms with van der Waals surface area (Å²) in [4.78, 5) is 24.7. The molecule has 4 rings (SSSR count). The molecule has 14 nitrogen and oxygen atoms in total. The third-order valence-electron chi connectivity index (χ3n) is 3.97. The average molecular weight is 395 g/mol. The topological polar surface area (TPSA) is 174 Å². The van der Waals surface area contributed by atoms with Crippen molar-refractivity contribution in [2.45, 2.75) is 30.6 Å². The van der Waals surface area contributed by atoms with Gasteiger partial charge >= 0.3 is 5.97 Å². The van der Waals surface area contributed by atoms with Gasteiger partial charge in [-0.15, -0.1) is 15.3 Å². The number of hydrogen-bond acceptors (Lipinski definition) is 11. The number of tetrazole rings is 2. The minimum absolute atomic E-state index is 0.125. The van der Waals surface area contributed by atoms with Gasteiger partial charge in [-0.3, -0.25) is 9.69 Å². The molecular formula is C12H13N9O5S. The van der Waals surface area contributed by atoms with Crippen molar-refractivity contribution in [2.75, 3.05) is 12.9 Å². The van der Waals surface area contributed by atoms with Crippen LogP contribution in [0.1, 0.15) is 12.2 Å². The summed E-state index contributed by atoms with van der Waals surface area (Å²) in [5.74, 6) is -1.00. The summed E-state index contributed by atoms with van der Waals surface area (Å²) in [7, 11) is 1.41. The molecule has 2 aliphatic rings. The van der Waals surface area contributed by atoms with Crippen LogP contribution >= 0.6 is 11.8 Å². The van der Waals surface area contributed by atoms with Crippen LogP contribution in [0.5, 0.6) is 0 Å². The number of thioether (sulfide) groups is 1. The fourth-order valence-electron chi connectivity index (χ4n) is 2.76. The first-order valence-electron chi connectivity index (χ1n) is 7.66. The summed E-state index contributed by atoms with van der Waals surface area (Å²) < 4.78 is 12.4. The Kier molecular flexibility index (Phi) is 4.54. The van der Waals surface area contributed by atoms with Crippen molar-refractivity contribution in [3.63, 3.8) is 0 Å². The predicted molar refractivity (Wildman–Crippen MR) is 83.6 cm³/mol. The largest absolute Gasteiger partial charge is 0.477 e. The Balaban J connectivity index is 1.57. The molecule has 2 aliphatic heterocycles. The summed E-state index contributed by atoms with van der Waals surface area (Å²) in [6, 6.07) is 0. The normalized spacial score (nSPS) is 22.0. The number of methoxy groups -OCH3 is 1.